The van der Waals surface area contributed by atoms with Gasteiger partial charge < -0.3 is 5.32 Å². The second-order valence-corrected chi connectivity index (χ2v) is 5.21. The Morgan fingerprint density at radius 1 is 1.29 bits per heavy atom. The van der Waals surface area contributed by atoms with Crippen LogP contribution in [0.3, 0.4) is 0 Å². The summed E-state index contributed by atoms with van der Waals surface area (Å²) in [6, 6.07) is 2.34. The molecule has 1 aromatic rings. The van der Waals surface area contributed by atoms with E-state index in [0.29, 0.717) is 0 Å². The molecule has 0 aliphatic rings. The van der Waals surface area contributed by atoms with E-state index in [2.05, 4.69) is 32.2 Å². The van der Waals surface area contributed by atoms with Crippen LogP contribution in [0.15, 0.2) is 6.07 Å². The van der Waals surface area contributed by atoms with E-state index in [1.54, 1.807) is 5.56 Å². The number of aryl methyl sites for hydroxylation is 3. The summed E-state index contributed by atoms with van der Waals surface area (Å²) in [6.07, 6.45) is 3.85. The molecule has 0 radical (unpaired) electrons. The van der Waals surface area contributed by atoms with Crippen molar-refractivity contribution in [3.05, 3.63) is 21.4 Å². The first-order valence-corrected chi connectivity index (χ1v) is 6.32. The fraction of sp³-hybridized carbons (Fsp3) is 0.667. The third-order valence-corrected chi connectivity index (χ3v) is 3.45. The normalized spacial score (nSPS) is 10.8. The van der Waals surface area contributed by atoms with Gasteiger partial charge in [-0.2, -0.15) is 0 Å². The van der Waals surface area contributed by atoms with Gasteiger partial charge in [0.1, 0.15) is 0 Å². The maximum Gasteiger partial charge on any atom is 0.00490 e. The number of hydrogen-bond acceptors (Lipinski definition) is 2. The van der Waals surface area contributed by atoms with Gasteiger partial charge in [0.25, 0.3) is 0 Å². The molecule has 0 unspecified atom stereocenters. The fourth-order valence-corrected chi connectivity index (χ4v) is 2.65. The molecule has 1 N–H and O–H groups in total. The second-order valence-electron chi connectivity index (χ2n) is 3.75. The molecule has 0 aliphatic carbocycles. The van der Waals surface area contributed by atoms with Gasteiger partial charge in [0.05, 0.1) is 0 Å². The summed E-state index contributed by atoms with van der Waals surface area (Å²) in [7, 11) is 0. The molecule has 0 saturated carbocycles. The highest BCUT2D eigenvalue weighted by Gasteiger charge is 2.01. The highest BCUT2D eigenvalue weighted by molar-refractivity contribution is 7.12. The number of nitrogens with one attached hydrogen (secondary N) is 1. The Labute approximate surface area is 91.5 Å². The molecule has 1 rings (SSSR count). The Morgan fingerprint density at radius 2 is 2.07 bits per heavy atom. The van der Waals surface area contributed by atoms with E-state index < -0.39 is 0 Å². The molecule has 0 aliphatic heterocycles. The van der Waals surface area contributed by atoms with Crippen molar-refractivity contribution < 1.29 is 0 Å². The summed E-state index contributed by atoms with van der Waals surface area (Å²) in [5.41, 5.74) is 1.56. The van der Waals surface area contributed by atoms with E-state index in [-0.39, 0.29) is 0 Å². The van der Waals surface area contributed by atoms with Crippen LogP contribution in [0.4, 0.5) is 0 Å². The summed E-state index contributed by atoms with van der Waals surface area (Å²) < 4.78 is 0. The molecule has 0 spiro atoms. The average Bonchev–Trinajstić information content (AvgIpc) is 2.45. The highest BCUT2D eigenvalue weighted by atomic mass is 32.1. The van der Waals surface area contributed by atoms with Crippen LogP contribution in [-0.4, -0.2) is 13.1 Å². The molecule has 0 amide bonds. The lowest BCUT2D eigenvalue weighted by atomic mass is 10.1. The van der Waals surface area contributed by atoms with Crippen LogP contribution in [0.1, 0.15) is 35.1 Å². The lowest BCUT2D eigenvalue weighted by molar-refractivity contribution is 0.640. The zero-order valence-corrected chi connectivity index (χ0v) is 10.3. The average molecular weight is 211 g/mol. The number of hydrogen-bond donors (Lipinski definition) is 1. The Morgan fingerprint density at radius 3 is 2.64 bits per heavy atom. The quantitative estimate of drug-likeness (QED) is 0.712. The summed E-state index contributed by atoms with van der Waals surface area (Å²) in [6.45, 7) is 8.85. The minimum absolute atomic E-state index is 1.09. The van der Waals surface area contributed by atoms with E-state index in [1.165, 1.54) is 35.6 Å². The van der Waals surface area contributed by atoms with Gasteiger partial charge >= 0.3 is 0 Å². The zero-order valence-electron chi connectivity index (χ0n) is 9.52. The summed E-state index contributed by atoms with van der Waals surface area (Å²) in [5.74, 6) is 0. The molecule has 0 fully saturated rings. The molecule has 14 heavy (non-hydrogen) atoms. The molecule has 80 valence electrons. The van der Waals surface area contributed by atoms with Crippen molar-refractivity contribution in [1.82, 2.24) is 5.32 Å². The predicted molar refractivity (Wildman–Crippen MR) is 65.3 cm³/mol. The van der Waals surface area contributed by atoms with E-state index >= 15 is 0 Å². The van der Waals surface area contributed by atoms with E-state index in [1.807, 2.05) is 11.3 Å². The van der Waals surface area contributed by atoms with Crippen LogP contribution >= 0.6 is 11.3 Å². The number of rotatable bonds is 6. The molecule has 2 heteroatoms. The lowest BCUT2D eigenvalue weighted by Gasteiger charge is -2.01. The molecule has 0 bridgehead atoms. The van der Waals surface area contributed by atoms with E-state index in [0.717, 1.165) is 6.54 Å². The largest absolute Gasteiger partial charge is 0.317 e. The molecule has 1 heterocycles. The maximum absolute atomic E-state index is 3.36. The first-order valence-electron chi connectivity index (χ1n) is 5.50. The Kier molecular flexibility index (Phi) is 5.20. The molecular formula is C12H21NS. The summed E-state index contributed by atoms with van der Waals surface area (Å²) in [4.78, 5) is 2.95. The lowest BCUT2D eigenvalue weighted by Crippen LogP contribution is -2.13. The van der Waals surface area contributed by atoms with Crippen LogP contribution in [-0.2, 0) is 6.42 Å². The van der Waals surface area contributed by atoms with Crippen molar-refractivity contribution in [3.8, 4) is 0 Å². The molecule has 0 aromatic carbocycles. The Hall–Kier alpha value is -0.340. The van der Waals surface area contributed by atoms with Crippen molar-refractivity contribution in [2.45, 2.75) is 40.0 Å². The molecule has 1 nitrogen and oxygen atoms in total. The van der Waals surface area contributed by atoms with Crippen molar-refractivity contribution in [2.24, 2.45) is 0 Å². The minimum Gasteiger partial charge on any atom is -0.317 e. The predicted octanol–water partition coefficient (Wildman–Crippen LogP) is 3.30. The molecule has 1 aromatic heterocycles. The third-order valence-electron chi connectivity index (χ3n) is 2.44. The van der Waals surface area contributed by atoms with Crippen LogP contribution in [0.25, 0.3) is 0 Å². The zero-order chi connectivity index (χ0) is 10.4. The van der Waals surface area contributed by atoms with Crippen LogP contribution in [0.5, 0.6) is 0 Å². The number of thiophene rings is 1. The third kappa shape index (κ3) is 3.81. The van der Waals surface area contributed by atoms with Crippen molar-refractivity contribution >= 4 is 11.3 Å². The van der Waals surface area contributed by atoms with Crippen LogP contribution < -0.4 is 5.32 Å². The molecule has 0 saturated heterocycles. The van der Waals surface area contributed by atoms with Gasteiger partial charge in [-0.1, -0.05) is 6.92 Å². The topological polar surface area (TPSA) is 12.0 Å². The maximum atomic E-state index is 3.36. The Bertz CT molecular complexity index is 265. The van der Waals surface area contributed by atoms with Crippen molar-refractivity contribution in [2.75, 3.05) is 13.1 Å². The number of unbranched alkanes of at least 4 members (excludes halogenated alkanes) is 1. The summed E-state index contributed by atoms with van der Waals surface area (Å²) in [5, 5.41) is 3.36. The molecular weight excluding hydrogens is 190 g/mol. The van der Waals surface area contributed by atoms with Crippen LogP contribution in [0, 0.1) is 13.8 Å². The first-order chi connectivity index (χ1) is 6.74. The van der Waals surface area contributed by atoms with E-state index in [9.17, 15) is 0 Å². The second kappa shape index (κ2) is 6.20. The SMILES string of the molecule is CCNCCCCc1cc(C)sc1C. The van der Waals surface area contributed by atoms with E-state index in [4.69, 9.17) is 0 Å². The van der Waals surface area contributed by atoms with Gasteiger partial charge in [-0.15, -0.1) is 11.3 Å². The van der Waals surface area contributed by atoms with Crippen LogP contribution in [0.2, 0.25) is 0 Å². The van der Waals surface area contributed by atoms with Gasteiger partial charge in [-0.25, -0.2) is 0 Å². The first kappa shape index (κ1) is 11.7. The monoisotopic (exact) mass is 211 g/mol. The highest BCUT2D eigenvalue weighted by Crippen LogP contribution is 2.21. The molecule has 0 atom stereocenters. The minimum atomic E-state index is 1.09. The van der Waals surface area contributed by atoms with Gasteiger partial charge in [0.15, 0.2) is 0 Å². The fourth-order valence-electron chi connectivity index (χ4n) is 1.67. The van der Waals surface area contributed by atoms with Gasteiger partial charge in [0.2, 0.25) is 0 Å². The van der Waals surface area contributed by atoms with Crippen molar-refractivity contribution in [3.63, 3.8) is 0 Å². The van der Waals surface area contributed by atoms with Gasteiger partial charge in [0, 0.05) is 9.75 Å². The van der Waals surface area contributed by atoms with Crippen molar-refractivity contribution in [1.29, 1.82) is 0 Å². The van der Waals surface area contributed by atoms with Gasteiger partial charge in [-0.3, -0.25) is 0 Å². The smallest absolute Gasteiger partial charge is 0.00490 e. The standard InChI is InChI=1S/C12H21NS/c1-4-13-8-6-5-7-12-9-10(2)14-11(12)3/h9,13H,4-8H2,1-3H3. The summed E-state index contributed by atoms with van der Waals surface area (Å²) >= 11 is 1.92. The van der Waals surface area contributed by atoms with Gasteiger partial charge in [-0.05, 0) is 57.8 Å². The Balaban J connectivity index is 2.21.